The van der Waals surface area contributed by atoms with Crippen LogP contribution in [0.15, 0.2) is 78.2 Å². The van der Waals surface area contributed by atoms with Crippen molar-refractivity contribution in [2.45, 2.75) is 23.7 Å². The molecule has 0 fully saturated rings. The number of fused-ring (bicyclic) bond motifs is 1. The molecule has 0 saturated carbocycles. The van der Waals surface area contributed by atoms with Crippen LogP contribution in [-0.2, 0) is 11.3 Å². The zero-order valence-electron chi connectivity index (χ0n) is 15.3. The average molecular weight is 389 g/mol. The standard InChI is InChI=1S/C21H19N5OS/c1-15(20(27)22-12-16-8-4-2-5-9-16)28-21-18-13-25-26(19(18)23-14-24-21)17-10-6-3-7-11-17/h2-11,13-15H,12H2,1H3,(H,22,27)/t15-/m0/s1. The molecule has 140 valence electrons. The van der Waals surface area contributed by atoms with Crippen LogP contribution in [0.5, 0.6) is 0 Å². The lowest BCUT2D eigenvalue weighted by atomic mass is 10.2. The van der Waals surface area contributed by atoms with Crippen LogP contribution < -0.4 is 5.32 Å². The molecule has 0 saturated heterocycles. The van der Waals surface area contributed by atoms with Gasteiger partial charge in [0, 0.05) is 6.54 Å². The SMILES string of the molecule is C[C@H](Sc1ncnc2c1cnn2-c1ccccc1)C(=O)NCc1ccccc1. The number of aromatic nitrogens is 4. The minimum Gasteiger partial charge on any atom is -0.351 e. The fourth-order valence-electron chi connectivity index (χ4n) is 2.82. The highest BCUT2D eigenvalue weighted by Crippen LogP contribution is 2.28. The highest BCUT2D eigenvalue weighted by molar-refractivity contribution is 8.00. The molecule has 2 aromatic heterocycles. The van der Waals surface area contributed by atoms with Gasteiger partial charge in [0.25, 0.3) is 0 Å². The van der Waals surface area contributed by atoms with Crippen molar-refractivity contribution in [3.63, 3.8) is 0 Å². The van der Waals surface area contributed by atoms with Crippen molar-refractivity contribution >= 4 is 28.7 Å². The van der Waals surface area contributed by atoms with Crippen molar-refractivity contribution < 1.29 is 4.79 Å². The van der Waals surface area contributed by atoms with Crippen LogP contribution in [0.3, 0.4) is 0 Å². The first-order chi connectivity index (χ1) is 13.7. The molecule has 0 aliphatic carbocycles. The largest absolute Gasteiger partial charge is 0.351 e. The van der Waals surface area contributed by atoms with Gasteiger partial charge in [-0.25, -0.2) is 14.6 Å². The summed E-state index contributed by atoms with van der Waals surface area (Å²) in [4.78, 5) is 21.2. The number of amides is 1. The smallest absolute Gasteiger partial charge is 0.233 e. The second-order valence-electron chi connectivity index (χ2n) is 6.27. The molecule has 0 spiro atoms. The Kier molecular flexibility index (Phi) is 5.34. The fourth-order valence-corrected chi connectivity index (χ4v) is 3.73. The number of rotatable bonds is 6. The highest BCUT2D eigenvalue weighted by Gasteiger charge is 2.18. The summed E-state index contributed by atoms with van der Waals surface area (Å²) < 4.78 is 1.78. The fraction of sp³-hybridized carbons (Fsp3) is 0.143. The summed E-state index contributed by atoms with van der Waals surface area (Å²) in [5.41, 5.74) is 2.73. The van der Waals surface area contributed by atoms with Crippen LogP contribution in [0.2, 0.25) is 0 Å². The average Bonchev–Trinajstić information content (AvgIpc) is 3.18. The summed E-state index contributed by atoms with van der Waals surface area (Å²) in [5.74, 6) is -0.0314. The maximum absolute atomic E-state index is 12.5. The third-order valence-electron chi connectivity index (χ3n) is 4.30. The molecule has 1 amide bonds. The Morgan fingerprint density at radius 3 is 2.54 bits per heavy atom. The van der Waals surface area contributed by atoms with Gasteiger partial charge in [-0.05, 0) is 24.6 Å². The molecule has 1 N–H and O–H groups in total. The van der Waals surface area contributed by atoms with Gasteiger partial charge >= 0.3 is 0 Å². The van der Waals surface area contributed by atoms with Gasteiger partial charge in [-0.2, -0.15) is 5.10 Å². The summed E-state index contributed by atoms with van der Waals surface area (Å²) in [6.07, 6.45) is 3.26. The second-order valence-corrected chi connectivity index (χ2v) is 7.60. The van der Waals surface area contributed by atoms with E-state index < -0.39 is 0 Å². The number of nitrogens with zero attached hydrogens (tertiary/aromatic N) is 4. The van der Waals surface area contributed by atoms with E-state index in [1.165, 1.54) is 18.1 Å². The third-order valence-corrected chi connectivity index (χ3v) is 5.41. The molecule has 6 nitrogen and oxygen atoms in total. The predicted molar refractivity (Wildman–Crippen MR) is 110 cm³/mol. The van der Waals surface area contributed by atoms with E-state index in [0.717, 1.165) is 27.3 Å². The van der Waals surface area contributed by atoms with E-state index in [0.29, 0.717) is 6.54 Å². The summed E-state index contributed by atoms with van der Waals surface area (Å²) in [6, 6.07) is 19.7. The first-order valence-electron chi connectivity index (χ1n) is 8.95. The topological polar surface area (TPSA) is 72.7 Å². The molecule has 0 aliphatic heterocycles. The molecular weight excluding hydrogens is 370 g/mol. The van der Waals surface area contributed by atoms with E-state index in [9.17, 15) is 4.79 Å². The van der Waals surface area contributed by atoms with E-state index in [1.54, 1.807) is 10.9 Å². The molecular formula is C21H19N5OS. The Morgan fingerprint density at radius 1 is 1.07 bits per heavy atom. The van der Waals surface area contributed by atoms with Crippen molar-refractivity contribution in [1.82, 2.24) is 25.1 Å². The second kappa shape index (κ2) is 8.22. The zero-order valence-corrected chi connectivity index (χ0v) is 16.1. The first-order valence-corrected chi connectivity index (χ1v) is 9.83. The van der Waals surface area contributed by atoms with Gasteiger partial charge in [0.1, 0.15) is 11.4 Å². The minimum atomic E-state index is -0.290. The molecule has 7 heteroatoms. The Hall–Kier alpha value is -3.19. The molecule has 0 bridgehead atoms. The van der Waals surface area contributed by atoms with Crippen molar-refractivity contribution in [2.75, 3.05) is 0 Å². The quantitative estimate of drug-likeness (QED) is 0.403. The number of benzene rings is 2. The molecule has 28 heavy (non-hydrogen) atoms. The van der Waals surface area contributed by atoms with Gasteiger partial charge in [0.05, 0.1) is 22.5 Å². The van der Waals surface area contributed by atoms with Crippen molar-refractivity contribution in [3.8, 4) is 5.69 Å². The van der Waals surface area contributed by atoms with Crippen LogP contribution in [-0.4, -0.2) is 30.9 Å². The Bertz CT molecular complexity index is 1080. The molecule has 4 aromatic rings. The Labute approximate surface area is 167 Å². The van der Waals surface area contributed by atoms with E-state index >= 15 is 0 Å². The van der Waals surface area contributed by atoms with Crippen LogP contribution >= 0.6 is 11.8 Å². The van der Waals surface area contributed by atoms with Gasteiger partial charge in [0.2, 0.25) is 5.91 Å². The maximum atomic E-state index is 12.5. The van der Waals surface area contributed by atoms with Crippen LogP contribution in [0.25, 0.3) is 16.7 Å². The van der Waals surface area contributed by atoms with E-state index in [1.807, 2.05) is 67.6 Å². The van der Waals surface area contributed by atoms with Gasteiger partial charge in [0.15, 0.2) is 5.65 Å². The Balaban J connectivity index is 1.50. The van der Waals surface area contributed by atoms with Crippen molar-refractivity contribution in [2.24, 2.45) is 0 Å². The maximum Gasteiger partial charge on any atom is 0.233 e. The van der Waals surface area contributed by atoms with Gasteiger partial charge in [-0.3, -0.25) is 4.79 Å². The highest BCUT2D eigenvalue weighted by atomic mass is 32.2. The molecule has 4 rings (SSSR count). The molecule has 2 heterocycles. The zero-order chi connectivity index (χ0) is 19.3. The molecule has 2 aromatic carbocycles. The number of para-hydroxylation sites is 1. The molecule has 0 radical (unpaired) electrons. The van der Waals surface area contributed by atoms with Crippen LogP contribution in [0.1, 0.15) is 12.5 Å². The monoisotopic (exact) mass is 389 g/mol. The van der Waals surface area contributed by atoms with E-state index in [2.05, 4.69) is 20.4 Å². The third kappa shape index (κ3) is 3.89. The molecule has 1 atom stereocenters. The lowest BCUT2D eigenvalue weighted by molar-refractivity contribution is -0.120. The lowest BCUT2D eigenvalue weighted by Gasteiger charge is -2.12. The van der Waals surface area contributed by atoms with Gasteiger partial charge in [-0.1, -0.05) is 60.3 Å². The number of carbonyl (C=O) groups excluding carboxylic acids is 1. The molecule has 0 unspecified atom stereocenters. The number of carbonyl (C=O) groups is 1. The van der Waals surface area contributed by atoms with Crippen LogP contribution in [0.4, 0.5) is 0 Å². The van der Waals surface area contributed by atoms with Gasteiger partial charge < -0.3 is 5.32 Å². The minimum absolute atomic E-state index is 0.0314. The van der Waals surface area contributed by atoms with E-state index in [-0.39, 0.29) is 11.2 Å². The number of nitrogens with one attached hydrogen (secondary N) is 1. The van der Waals surface area contributed by atoms with E-state index in [4.69, 9.17) is 0 Å². The molecule has 0 aliphatic rings. The van der Waals surface area contributed by atoms with Crippen molar-refractivity contribution in [1.29, 1.82) is 0 Å². The first kappa shape index (κ1) is 18.2. The van der Waals surface area contributed by atoms with Crippen LogP contribution in [0, 0.1) is 0 Å². The Morgan fingerprint density at radius 2 is 1.79 bits per heavy atom. The summed E-state index contributed by atoms with van der Waals surface area (Å²) in [7, 11) is 0. The normalized spacial score (nSPS) is 12.0. The van der Waals surface area contributed by atoms with Gasteiger partial charge in [-0.15, -0.1) is 0 Å². The summed E-state index contributed by atoms with van der Waals surface area (Å²) >= 11 is 1.41. The predicted octanol–water partition coefficient (Wildman–Crippen LogP) is 3.61. The lowest BCUT2D eigenvalue weighted by Crippen LogP contribution is -2.30. The summed E-state index contributed by atoms with van der Waals surface area (Å²) in [5, 5.41) is 8.72. The number of hydrogen-bond donors (Lipinski definition) is 1. The summed E-state index contributed by atoms with van der Waals surface area (Å²) in [6.45, 7) is 2.39. The number of thioether (sulfide) groups is 1. The van der Waals surface area contributed by atoms with Crippen molar-refractivity contribution in [3.05, 3.63) is 78.8 Å². The number of hydrogen-bond acceptors (Lipinski definition) is 5.